The van der Waals surface area contributed by atoms with Crippen LogP contribution in [0.3, 0.4) is 0 Å². The second-order valence-corrected chi connectivity index (χ2v) is 6.28. The summed E-state index contributed by atoms with van der Waals surface area (Å²) < 4.78 is 21.6. The van der Waals surface area contributed by atoms with Gasteiger partial charge in [-0.1, -0.05) is 18.2 Å². The van der Waals surface area contributed by atoms with Crippen molar-refractivity contribution in [3.63, 3.8) is 0 Å². The molecule has 1 unspecified atom stereocenters. The van der Waals surface area contributed by atoms with Crippen molar-refractivity contribution in [2.75, 3.05) is 21.3 Å². The average Bonchev–Trinajstić information content (AvgIpc) is 3.18. The fourth-order valence-electron chi connectivity index (χ4n) is 2.97. The van der Waals surface area contributed by atoms with E-state index in [-0.39, 0.29) is 5.69 Å². The lowest BCUT2D eigenvalue weighted by Gasteiger charge is -2.17. The maximum atomic E-state index is 12.8. The van der Waals surface area contributed by atoms with Gasteiger partial charge in [-0.2, -0.15) is 5.26 Å². The SMILES string of the molecule is COc1cc(C(C#N)NC(=O)c2nc(-c3ccccc3)oc2C)cc(OC)c1OC. The summed E-state index contributed by atoms with van der Waals surface area (Å²) in [5.41, 5.74) is 1.34. The lowest BCUT2D eigenvalue weighted by molar-refractivity contribution is 0.0939. The molecule has 0 bridgehead atoms. The Hall–Kier alpha value is -3.99. The standard InChI is InChI=1S/C22H21N3O5/c1-13-19(25-22(30-13)14-8-6-5-7-9-14)21(26)24-16(12-23)15-10-17(27-2)20(29-4)18(11-15)28-3/h5-11,16H,1-4H3,(H,24,26). The number of rotatable bonds is 7. The van der Waals surface area contributed by atoms with Crippen LogP contribution in [0.15, 0.2) is 46.9 Å². The summed E-state index contributed by atoms with van der Waals surface area (Å²) in [6.45, 7) is 1.65. The molecule has 154 valence electrons. The van der Waals surface area contributed by atoms with Gasteiger partial charge < -0.3 is 23.9 Å². The van der Waals surface area contributed by atoms with Gasteiger partial charge in [0.2, 0.25) is 11.6 Å². The van der Waals surface area contributed by atoms with Gasteiger partial charge in [-0.3, -0.25) is 4.79 Å². The van der Waals surface area contributed by atoms with Gasteiger partial charge in [-0.05, 0) is 36.8 Å². The molecular formula is C22H21N3O5. The summed E-state index contributed by atoms with van der Waals surface area (Å²) in [7, 11) is 4.44. The zero-order valence-corrected chi connectivity index (χ0v) is 17.1. The monoisotopic (exact) mass is 407 g/mol. The van der Waals surface area contributed by atoms with Crippen LogP contribution >= 0.6 is 0 Å². The van der Waals surface area contributed by atoms with E-state index in [1.807, 2.05) is 30.3 Å². The molecule has 0 spiro atoms. The topological polar surface area (TPSA) is 107 Å². The molecular weight excluding hydrogens is 386 g/mol. The van der Waals surface area contributed by atoms with E-state index in [1.165, 1.54) is 21.3 Å². The summed E-state index contributed by atoms with van der Waals surface area (Å²) in [5.74, 6) is 1.31. The lowest BCUT2D eigenvalue weighted by atomic mass is 10.1. The van der Waals surface area contributed by atoms with Crippen molar-refractivity contribution in [3.8, 4) is 34.8 Å². The van der Waals surface area contributed by atoms with Gasteiger partial charge in [0, 0.05) is 5.56 Å². The molecule has 8 nitrogen and oxygen atoms in total. The van der Waals surface area contributed by atoms with E-state index in [0.29, 0.717) is 34.5 Å². The van der Waals surface area contributed by atoms with E-state index in [0.717, 1.165) is 5.56 Å². The van der Waals surface area contributed by atoms with Gasteiger partial charge in [0.15, 0.2) is 17.2 Å². The van der Waals surface area contributed by atoms with E-state index in [9.17, 15) is 10.1 Å². The van der Waals surface area contributed by atoms with Gasteiger partial charge in [-0.25, -0.2) is 4.98 Å². The molecule has 3 aromatic rings. The number of methoxy groups -OCH3 is 3. The first kappa shape index (κ1) is 20.7. The zero-order valence-electron chi connectivity index (χ0n) is 17.1. The summed E-state index contributed by atoms with van der Waals surface area (Å²) in [4.78, 5) is 17.1. The summed E-state index contributed by atoms with van der Waals surface area (Å²) >= 11 is 0. The van der Waals surface area contributed by atoms with Crippen LogP contribution in [-0.2, 0) is 0 Å². The molecule has 0 saturated carbocycles. The molecule has 0 radical (unpaired) electrons. The third-order valence-corrected chi connectivity index (χ3v) is 4.46. The molecule has 1 aromatic heterocycles. The zero-order chi connectivity index (χ0) is 21.7. The first-order valence-corrected chi connectivity index (χ1v) is 9.05. The number of aromatic nitrogens is 1. The van der Waals surface area contributed by atoms with E-state index in [2.05, 4.69) is 16.4 Å². The van der Waals surface area contributed by atoms with Crippen molar-refractivity contribution in [1.29, 1.82) is 5.26 Å². The van der Waals surface area contributed by atoms with Crippen LogP contribution in [0.4, 0.5) is 0 Å². The van der Waals surface area contributed by atoms with Crippen molar-refractivity contribution in [1.82, 2.24) is 10.3 Å². The Morgan fingerprint density at radius 1 is 1.10 bits per heavy atom. The maximum Gasteiger partial charge on any atom is 0.274 e. The Bertz CT molecular complexity index is 1060. The minimum Gasteiger partial charge on any atom is -0.493 e. The predicted molar refractivity (Wildman–Crippen MR) is 109 cm³/mol. The molecule has 1 amide bonds. The molecule has 30 heavy (non-hydrogen) atoms. The van der Waals surface area contributed by atoms with Crippen molar-refractivity contribution in [2.45, 2.75) is 13.0 Å². The third kappa shape index (κ3) is 4.05. The quantitative estimate of drug-likeness (QED) is 0.637. The molecule has 1 atom stereocenters. The largest absolute Gasteiger partial charge is 0.493 e. The first-order valence-electron chi connectivity index (χ1n) is 9.05. The van der Waals surface area contributed by atoms with Gasteiger partial charge in [-0.15, -0.1) is 0 Å². The van der Waals surface area contributed by atoms with Crippen molar-refractivity contribution < 1.29 is 23.4 Å². The minimum atomic E-state index is -0.970. The number of ether oxygens (including phenoxy) is 3. The van der Waals surface area contributed by atoms with Crippen LogP contribution in [0, 0.1) is 18.3 Å². The van der Waals surface area contributed by atoms with E-state index in [1.54, 1.807) is 19.1 Å². The summed E-state index contributed by atoms with van der Waals surface area (Å²) in [5, 5.41) is 12.3. The highest BCUT2D eigenvalue weighted by molar-refractivity contribution is 5.94. The van der Waals surface area contributed by atoms with Crippen molar-refractivity contribution in [3.05, 3.63) is 59.5 Å². The van der Waals surface area contributed by atoms with Gasteiger partial charge >= 0.3 is 0 Å². The number of nitrogens with one attached hydrogen (secondary N) is 1. The number of benzene rings is 2. The van der Waals surface area contributed by atoms with E-state index in [4.69, 9.17) is 18.6 Å². The van der Waals surface area contributed by atoms with Crippen molar-refractivity contribution >= 4 is 5.91 Å². The first-order chi connectivity index (χ1) is 14.5. The molecule has 1 N–H and O–H groups in total. The number of carbonyl (C=O) groups excluding carboxylic acids is 1. The van der Waals surface area contributed by atoms with Gasteiger partial charge in [0.25, 0.3) is 5.91 Å². The van der Waals surface area contributed by atoms with E-state index >= 15 is 0 Å². The van der Waals surface area contributed by atoms with Crippen LogP contribution < -0.4 is 19.5 Å². The Balaban J connectivity index is 1.89. The van der Waals surface area contributed by atoms with Crippen LogP contribution in [0.5, 0.6) is 17.2 Å². The number of amides is 1. The Kier molecular flexibility index (Phi) is 6.23. The summed E-state index contributed by atoms with van der Waals surface area (Å²) in [6.07, 6.45) is 0. The minimum absolute atomic E-state index is 0.113. The van der Waals surface area contributed by atoms with Gasteiger partial charge in [0.05, 0.1) is 27.4 Å². The fraction of sp³-hybridized carbons (Fsp3) is 0.227. The predicted octanol–water partition coefficient (Wildman–Crippen LogP) is 3.67. The average molecular weight is 407 g/mol. The van der Waals surface area contributed by atoms with E-state index < -0.39 is 11.9 Å². The molecule has 2 aromatic carbocycles. The highest BCUT2D eigenvalue weighted by Crippen LogP contribution is 2.39. The summed E-state index contributed by atoms with van der Waals surface area (Å²) in [6, 6.07) is 13.6. The Labute approximate surface area is 174 Å². The molecule has 0 aliphatic heterocycles. The smallest absolute Gasteiger partial charge is 0.274 e. The molecule has 0 aliphatic carbocycles. The Morgan fingerprint density at radius 2 is 1.73 bits per heavy atom. The molecule has 0 fully saturated rings. The number of hydrogen-bond donors (Lipinski definition) is 1. The molecule has 0 saturated heterocycles. The number of carbonyl (C=O) groups is 1. The Morgan fingerprint density at radius 3 is 2.27 bits per heavy atom. The van der Waals surface area contributed by atoms with Crippen LogP contribution in [0.1, 0.15) is 27.9 Å². The second kappa shape index (κ2) is 9.01. The van der Waals surface area contributed by atoms with Crippen molar-refractivity contribution in [2.24, 2.45) is 0 Å². The normalized spacial score (nSPS) is 11.3. The number of nitrogens with zero attached hydrogens (tertiary/aromatic N) is 2. The molecule has 8 heteroatoms. The lowest BCUT2D eigenvalue weighted by Crippen LogP contribution is -2.28. The molecule has 1 heterocycles. The van der Waals surface area contributed by atoms with Crippen LogP contribution in [0.25, 0.3) is 11.5 Å². The number of hydrogen-bond acceptors (Lipinski definition) is 7. The van der Waals surface area contributed by atoms with Crippen LogP contribution in [0.2, 0.25) is 0 Å². The number of aryl methyl sites for hydroxylation is 1. The maximum absolute atomic E-state index is 12.8. The second-order valence-electron chi connectivity index (χ2n) is 6.28. The fourth-order valence-corrected chi connectivity index (χ4v) is 2.97. The molecule has 3 rings (SSSR count). The third-order valence-electron chi connectivity index (χ3n) is 4.46. The highest BCUT2D eigenvalue weighted by atomic mass is 16.5. The number of nitriles is 1. The van der Waals surface area contributed by atoms with Crippen LogP contribution in [-0.4, -0.2) is 32.2 Å². The number of oxazole rings is 1. The van der Waals surface area contributed by atoms with Gasteiger partial charge in [0.1, 0.15) is 11.8 Å². The highest BCUT2D eigenvalue weighted by Gasteiger charge is 2.24. The molecule has 0 aliphatic rings.